The lowest BCUT2D eigenvalue weighted by Crippen LogP contribution is -1.98. The minimum absolute atomic E-state index is 0.124. The molecule has 1 heterocycles. The summed E-state index contributed by atoms with van der Waals surface area (Å²) in [6, 6.07) is 0. The number of aliphatic hydroxyl groups is 1. The summed E-state index contributed by atoms with van der Waals surface area (Å²) in [5.41, 5.74) is 1.19. The molecule has 1 fully saturated rings. The van der Waals surface area contributed by atoms with E-state index in [2.05, 4.69) is 6.58 Å². The molecule has 0 unspecified atom stereocenters. The van der Waals surface area contributed by atoms with Crippen molar-refractivity contribution in [3.63, 3.8) is 0 Å². The fourth-order valence-corrected chi connectivity index (χ4v) is 0.982. The summed E-state index contributed by atoms with van der Waals surface area (Å²) in [6.07, 6.45) is 2.46. The van der Waals surface area contributed by atoms with Crippen LogP contribution in [-0.2, 0) is 4.74 Å². The van der Waals surface area contributed by atoms with Gasteiger partial charge in [0, 0.05) is 0 Å². The molecule has 0 radical (unpaired) electrons. The Labute approximate surface area is 61.5 Å². The SMILES string of the molecule is C=C(C)CC[C@H]1O[C@@H]1CO. The number of epoxide rings is 1. The van der Waals surface area contributed by atoms with Crippen molar-refractivity contribution in [2.45, 2.75) is 32.0 Å². The van der Waals surface area contributed by atoms with Crippen molar-refractivity contribution in [2.24, 2.45) is 0 Å². The van der Waals surface area contributed by atoms with Gasteiger partial charge in [0.1, 0.15) is 6.10 Å². The zero-order valence-electron chi connectivity index (χ0n) is 6.34. The van der Waals surface area contributed by atoms with Gasteiger partial charge in [0.05, 0.1) is 12.7 Å². The van der Waals surface area contributed by atoms with E-state index in [0.717, 1.165) is 12.8 Å². The second kappa shape index (κ2) is 3.17. The summed E-state index contributed by atoms with van der Waals surface area (Å²) in [7, 11) is 0. The van der Waals surface area contributed by atoms with Gasteiger partial charge in [-0.05, 0) is 19.8 Å². The van der Waals surface area contributed by atoms with E-state index in [4.69, 9.17) is 9.84 Å². The number of hydrogen-bond donors (Lipinski definition) is 1. The Balaban J connectivity index is 2.01. The van der Waals surface area contributed by atoms with Gasteiger partial charge in [-0.15, -0.1) is 6.58 Å². The largest absolute Gasteiger partial charge is 0.394 e. The van der Waals surface area contributed by atoms with Crippen LogP contribution in [-0.4, -0.2) is 23.9 Å². The van der Waals surface area contributed by atoms with E-state index in [1.165, 1.54) is 5.57 Å². The highest BCUT2D eigenvalue weighted by atomic mass is 16.6. The lowest BCUT2D eigenvalue weighted by Gasteiger charge is -1.93. The van der Waals surface area contributed by atoms with Gasteiger partial charge >= 0.3 is 0 Å². The van der Waals surface area contributed by atoms with Crippen molar-refractivity contribution >= 4 is 0 Å². The fraction of sp³-hybridized carbons (Fsp3) is 0.750. The molecule has 1 rings (SSSR count). The predicted octanol–water partition coefficient (Wildman–Crippen LogP) is 1.10. The second-order valence-electron chi connectivity index (χ2n) is 2.89. The quantitative estimate of drug-likeness (QED) is 0.471. The number of hydrogen-bond acceptors (Lipinski definition) is 2. The molecular formula is C8H14O2. The third-order valence-corrected chi connectivity index (χ3v) is 1.72. The molecule has 2 atom stereocenters. The maximum absolute atomic E-state index is 8.59. The number of aliphatic hydroxyl groups excluding tert-OH is 1. The number of allylic oxidation sites excluding steroid dienone is 1. The molecule has 0 aromatic heterocycles. The molecule has 0 aromatic carbocycles. The highest BCUT2D eigenvalue weighted by Gasteiger charge is 2.36. The highest BCUT2D eigenvalue weighted by Crippen LogP contribution is 2.26. The number of rotatable bonds is 4. The van der Waals surface area contributed by atoms with Gasteiger partial charge in [0.15, 0.2) is 0 Å². The molecule has 1 saturated heterocycles. The van der Waals surface area contributed by atoms with E-state index in [1.807, 2.05) is 6.92 Å². The zero-order valence-corrected chi connectivity index (χ0v) is 6.34. The van der Waals surface area contributed by atoms with Crippen LogP contribution in [0.5, 0.6) is 0 Å². The van der Waals surface area contributed by atoms with Crippen molar-refractivity contribution in [2.75, 3.05) is 6.61 Å². The van der Waals surface area contributed by atoms with Crippen molar-refractivity contribution in [1.82, 2.24) is 0 Å². The van der Waals surface area contributed by atoms with Gasteiger partial charge in [-0.1, -0.05) is 5.57 Å². The van der Waals surface area contributed by atoms with Gasteiger partial charge in [-0.3, -0.25) is 0 Å². The van der Waals surface area contributed by atoms with Crippen LogP contribution >= 0.6 is 0 Å². The van der Waals surface area contributed by atoms with Gasteiger partial charge in [0.25, 0.3) is 0 Å². The molecule has 2 heteroatoms. The van der Waals surface area contributed by atoms with Crippen molar-refractivity contribution in [3.05, 3.63) is 12.2 Å². The van der Waals surface area contributed by atoms with Gasteiger partial charge in [-0.2, -0.15) is 0 Å². The average molecular weight is 142 g/mol. The van der Waals surface area contributed by atoms with Gasteiger partial charge in [0.2, 0.25) is 0 Å². The Morgan fingerprint density at radius 1 is 1.60 bits per heavy atom. The van der Waals surface area contributed by atoms with E-state index in [1.54, 1.807) is 0 Å². The Bertz CT molecular complexity index is 131. The lowest BCUT2D eigenvalue weighted by molar-refractivity contribution is 0.241. The molecule has 0 bridgehead atoms. The maximum Gasteiger partial charge on any atom is 0.107 e. The molecule has 10 heavy (non-hydrogen) atoms. The number of ether oxygens (including phenoxy) is 1. The van der Waals surface area contributed by atoms with Crippen molar-refractivity contribution in [3.8, 4) is 0 Å². The van der Waals surface area contributed by atoms with Crippen LogP contribution in [0.3, 0.4) is 0 Å². The monoisotopic (exact) mass is 142 g/mol. The van der Waals surface area contributed by atoms with Crippen LogP contribution in [0.25, 0.3) is 0 Å². The van der Waals surface area contributed by atoms with Crippen LogP contribution in [0.15, 0.2) is 12.2 Å². The van der Waals surface area contributed by atoms with Crippen LogP contribution in [0.4, 0.5) is 0 Å². The van der Waals surface area contributed by atoms with Gasteiger partial charge < -0.3 is 9.84 Å². The van der Waals surface area contributed by atoms with E-state index in [-0.39, 0.29) is 12.7 Å². The first-order valence-electron chi connectivity index (χ1n) is 3.64. The standard InChI is InChI=1S/C8H14O2/c1-6(2)3-4-7-8(5-9)10-7/h7-9H,1,3-5H2,2H3/t7-,8-/m1/s1. The van der Waals surface area contributed by atoms with E-state index in [0.29, 0.717) is 6.10 Å². The molecule has 1 N–H and O–H groups in total. The molecule has 2 nitrogen and oxygen atoms in total. The minimum atomic E-state index is 0.124. The third kappa shape index (κ3) is 2.12. The molecule has 1 aliphatic rings. The van der Waals surface area contributed by atoms with Crippen molar-refractivity contribution < 1.29 is 9.84 Å². The topological polar surface area (TPSA) is 32.8 Å². The summed E-state index contributed by atoms with van der Waals surface area (Å²) >= 11 is 0. The Morgan fingerprint density at radius 3 is 2.70 bits per heavy atom. The Hall–Kier alpha value is -0.340. The highest BCUT2D eigenvalue weighted by molar-refractivity contribution is 4.93. The molecule has 0 aliphatic carbocycles. The van der Waals surface area contributed by atoms with Crippen LogP contribution < -0.4 is 0 Å². The second-order valence-corrected chi connectivity index (χ2v) is 2.89. The summed E-state index contributed by atoms with van der Waals surface area (Å²) in [6.45, 7) is 5.97. The smallest absolute Gasteiger partial charge is 0.107 e. The van der Waals surface area contributed by atoms with E-state index in [9.17, 15) is 0 Å². The normalized spacial score (nSPS) is 30.2. The fourth-order valence-electron chi connectivity index (χ4n) is 0.982. The third-order valence-electron chi connectivity index (χ3n) is 1.72. The van der Waals surface area contributed by atoms with Crippen molar-refractivity contribution in [1.29, 1.82) is 0 Å². The summed E-state index contributed by atoms with van der Waals surface area (Å²) in [5, 5.41) is 8.59. The molecule has 58 valence electrons. The lowest BCUT2D eigenvalue weighted by atomic mass is 10.1. The average Bonchev–Trinajstić information content (AvgIpc) is 2.61. The zero-order chi connectivity index (χ0) is 7.56. The van der Waals surface area contributed by atoms with Gasteiger partial charge in [-0.25, -0.2) is 0 Å². The van der Waals surface area contributed by atoms with E-state index >= 15 is 0 Å². The van der Waals surface area contributed by atoms with Crippen LogP contribution in [0, 0.1) is 0 Å². The molecule has 1 aliphatic heterocycles. The molecule has 0 aromatic rings. The summed E-state index contributed by atoms with van der Waals surface area (Å²) in [4.78, 5) is 0. The first kappa shape index (κ1) is 7.76. The van der Waals surface area contributed by atoms with Crippen LogP contribution in [0.2, 0.25) is 0 Å². The summed E-state index contributed by atoms with van der Waals surface area (Å²) < 4.78 is 5.13. The van der Waals surface area contributed by atoms with E-state index < -0.39 is 0 Å². The summed E-state index contributed by atoms with van der Waals surface area (Å²) in [5.74, 6) is 0. The molecule has 0 spiro atoms. The van der Waals surface area contributed by atoms with Crippen LogP contribution in [0.1, 0.15) is 19.8 Å². The molecule has 0 amide bonds. The first-order valence-corrected chi connectivity index (χ1v) is 3.64. The molecule has 0 saturated carbocycles. The minimum Gasteiger partial charge on any atom is -0.394 e. The first-order chi connectivity index (χ1) is 4.74. The Kier molecular flexibility index (Phi) is 2.46. The Morgan fingerprint density at radius 2 is 2.30 bits per heavy atom. The maximum atomic E-state index is 8.59. The molecular weight excluding hydrogens is 128 g/mol. The predicted molar refractivity (Wildman–Crippen MR) is 39.8 cm³/mol.